The van der Waals surface area contributed by atoms with Crippen molar-refractivity contribution in [1.29, 1.82) is 0 Å². The van der Waals surface area contributed by atoms with Gasteiger partial charge in [0.15, 0.2) is 5.82 Å². The third-order valence-corrected chi connectivity index (χ3v) is 4.67. The van der Waals surface area contributed by atoms with E-state index in [-0.39, 0.29) is 0 Å². The van der Waals surface area contributed by atoms with E-state index in [9.17, 15) is 0 Å². The van der Waals surface area contributed by atoms with Crippen LogP contribution in [0, 0.1) is 13.8 Å². The van der Waals surface area contributed by atoms with Gasteiger partial charge in [-0.05, 0) is 31.5 Å². The second-order valence-electron chi connectivity index (χ2n) is 7.11. The second kappa shape index (κ2) is 7.31. The number of nitrogens with zero attached hydrogens (tertiary/aromatic N) is 4. The van der Waals surface area contributed by atoms with E-state index < -0.39 is 0 Å². The van der Waals surface area contributed by atoms with Gasteiger partial charge in [-0.2, -0.15) is 0 Å². The summed E-state index contributed by atoms with van der Waals surface area (Å²) in [6.45, 7) is 4.58. The molecule has 2 heterocycles. The Morgan fingerprint density at radius 2 is 1.64 bits per heavy atom. The summed E-state index contributed by atoms with van der Waals surface area (Å²) in [5.41, 5.74) is 6.54. The van der Waals surface area contributed by atoms with Crippen LogP contribution in [0.5, 0.6) is 0 Å². The highest BCUT2D eigenvalue weighted by Crippen LogP contribution is 2.30. The quantitative estimate of drug-likeness (QED) is 0.552. The fourth-order valence-electron chi connectivity index (χ4n) is 3.06. The number of aromatic nitrogens is 3. The largest absolute Gasteiger partial charge is 0.378 e. The molecule has 2 aromatic heterocycles. The third kappa shape index (κ3) is 3.53. The van der Waals surface area contributed by atoms with Gasteiger partial charge in [0.2, 0.25) is 5.58 Å². The van der Waals surface area contributed by atoms with E-state index in [4.69, 9.17) is 4.52 Å². The Kier molecular flexibility index (Phi) is 4.69. The zero-order chi connectivity index (χ0) is 19.7. The number of anilines is 2. The molecule has 142 valence electrons. The number of nitrogens with one attached hydrogen (secondary N) is 1. The van der Waals surface area contributed by atoms with Crippen LogP contribution in [0.4, 0.5) is 11.5 Å². The fourth-order valence-corrected chi connectivity index (χ4v) is 3.06. The molecular weight excluding hydrogens is 350 g/mol. The molecular formula is C22H23N5O. The van der Waals surface area contributed by atoms with Crippen molar-refractivity contribution < 1.29 is 4.52 Å². The molecule has 4 aromatic rings. The molecule has 0 saturated heterocycles. The van der Waals surface area contributed by atoms with E-state index >= 15 is 0 Å². The standard InChI is InChI=1S/C22H23N5O/c1-14-5-9-17(10-6-14)19-20-21(28-26-19)22(25-15(2)24-20)23-13-16-7-11-18(12-8-16)27(3)4/h5-12H,13H2,1-4H3,(H,23,24,25). The van der Waals surface area contributed by atoms with Crippen LogP contribution >= 0.6 is 0 Å². The molecule has 0 fully saturated rings. The first kappa shape index (κ1) is 18.0. The Balaban J connectivity index is 1.63. The van der Waals surface area contributed by atoms with Crippen molar-refractivity contribution in [3.63, 3.8) is 0 Å². The maximum absolute atomic E-state index is 5.61. The van der Waals surface area contributed by atoms with E-state index in [1.165, 1.54) is 11.3 Å². The van der Waals surface area contributed by atoms with Gasteiger partial charge in [0.25, 0.3) is 0 Å². The lowest BCUT2D eigenvalue weighted by Crippen LogP contribution is -2.08. The molecule has 0 aliphatic heterocycles. The first-order valence-electron chi connectivity index (χ1n) is 9.22. The number of benzene rings is 2. The highest BCUT2D eigenvalue weighted by Gasteiger charge is 2.17. The molecule has 0 amide bonds. The van der Waals surface area contributed by atoms with Gasteiger partial charge in [-0.3, -0.25) is 0 Å². The monoisotopic (exact) mass is 373 g/mol. The van der Waals surface area contributed by atoms with E-state index in [2.05, 4.69) is 68.7 Å². The maximum atomic E-state index is 5.61. The minimum atomic E-state index is 0.575. The van der Waals surface area contributed by atoms with Crippen molar-refractivity contribution in [3.8, 4) is 11.3 Å². The van der Waals surface area contributed by atoms with Gasteiger partial charge in [-0.1, -0.05) is 47.1 Å². The van der Waals surface area contributed by atoms with Crippen LogP contribution in [0.2, 0.25) is 0 Å². The normalized spacial score (nSPS) is 11.0. The van der Waals surface area contributed by atoms with Crippen molar-refractivity contribution >= 4 is 22.6 Å². The predicted molar refractivity (Wildman–Crippen MR) is 113 cm³/mol. The van der Waals surface area contributed by atoms with E-state index in [1.807, 2.05) is 33.2 Å². The van der Waals surface area contributed by atoms with Crippen molar-refractivity contribution in [3.05, 3.63) is 65.5 Å². The van der Waals surface area contributed by atoms with Crippen LogP contribution in [0.25, 0.3) is 22.4 Å². The average Bonchev–Trinajstić information content (AvgIpc) is 3.11. The van der Waals surface area contributed by atoms with Crippen LogP contribution in [-0.2, 0) is 6.54 Å². The highest BCUT2D eigenvalue weighted by atomic mass is 16.5. The maximum Gasteiger partial charge on any atom is 0.228 e. The summed E-state index contributed by atoms with van der Waals surface area (Å²) in [7, 11) is 4.06. The van der Waals surface area contributed by atoms with E-state index in [0.717, 1.165) is 22.3 Å². The SMILES string of the molecule is Cc1ccc(-c2noc3c(NCc4ccc(N(C)C)cc4)nc(C)nc23)cc1. The molecule has 0 aliphatic rings. The summed E-state index contributed by atoms with van der Waals surface area (Å²) in [6.07, 6.45) is 0. The highest BCUT2D eigenvalue weighted by molar-refractivity contribution is 5.93. The summed E-state index contributed by atoms with van der Waals surface area (Å²) >= 11 is 0. The zero-order valence-electron chi connectivity index (χ0n) is 16.5. The molecule has 0 bridgehead atoms. The minimum Gasteiger partial charge on any atom is -0.378 e. The first-order chi connectivity index (χ1) is 13.5. The van der Waals surface area contributed by atoms with Crippen molar-refractivity contribution in [1.82, 2.24) is 15.1 Å². The zero-order valence-corrected chi connectivity index (χ0v) is 16.5. The number of fused-ring (bicyclic) bond motifs is 1. The summed E-state index contributed by atoms with van der Waals surface area (Å²) in [5, 5.41) is 7.63. The number of hydrogen-bond donors (Lipinski definition) is 1. The van der Waals surface area contributed by atoms with E-state index in [0.29, 0.717) is 23.8 Å². The van der Waals surface area contributed by atoms with Gasteiger partial charge in [-0.15, -0.1) is 0 Å². The first-order valence-corrected chi connectivity index (χ1v) is 9.22. The number of aryl methyl sites for hydroxylation is 2. The molecule has 0 atom stereocenters. The Labute approximate surface area is 164 Å². The molecule has 0 saturated carbocycles. The van der Waals surface area contributed by atoms with Gasteiger partial charge >= 0.3 is 0 Å². The van der Waals surface area contributed by atoms with Gasteiger partial charge in [0.1, 0.15) is 17.0 Å². The summed E-state index contributed by atoms with van der Waals surface area (Å²) < 4.78 is 5.61. The molecule has 0 aliphatic carbocycles. The Hall–Kier alpha value is -3.41. The Morgan fingerprint density at radius 3 is 2.32 bits per heavy atom. The summed E-state index contributed by atoms with van der Waals surface area (Å²) in [6, 6.07) is 16.6. The van der Waals surface area contributed by atoms with Gasteiger partial charge < -0.3 is 14.7 Å². The lowest BCUT2D eigenvalue weighted by atomic mass is 10.1. The van der Waals surface area contributed by atoms with Crippen LogP contribution in [0.15, 0.2) is 53.1 Å². The molecule has 6 nitrogen and oxygen atoms in total. The lowest BCUT2D eigenvalue weighted by molar-refractivity contribution is 0.459. The molecule has 1 N–H and O–H groups in total. The summed E-state index contributed by atoms with van der Waals surface area (Å²) in [5.74, 6) is 1.33. The fraction of sp³-hybridized carbons (Fsp3) is 0.227. The van der Waals surface area contributed by atoms with Crippen LogP contribution in [0.3, 0.4) is 0 Å². The molecule has 6 heteroatoms. The average molecular weight is 373 g/mol. The molecule has 2 aromatic carbocycles. The molecule has 0 spiro atoms. The van der Waals surface area contributed by atoms with Crippen LogP contribution in [0.1, 0.15) is 17.0 Å². The summed E-state index contributed by atoms with van der Waals surface area (Å²) in [4.78, 5) is 11.2. The molecule has 0 unspecified atom stereocenters. The second-order valence-corrected chi connectivity index (χ2v) is 7.11. The minimum absolute atomic E-state index is 0.575. The topological polar surface area (TPSA) is 67.1 Å². The van der Waals surface area contributed by atoms with Crippen molar-refractivity contribution in [2.75, 3.05) is 24.3 Å². The number of rotatable bonds is 5. The third-order valence-electron chi connectivity index (χ3n) is 4.67. The van der Waals surface area contributed by atoms with Crippen molar-refractivity contribution in [2.45, 2.75) is 20.4 Å². The van der Waals surface area contributed by atoms with Gasteiger partial charge in [0, 0.05) is 31.9 Å². The molecule has 0 radical (unpaired) electrons. The van der Waals surface area contributed by atoms with Gasteiger partial charge in [-0.25, -0.2) is 9.97 Å². The van der Waals surface area contributed by atoms with E-state index in [1.54, 1.807) is 0 Å². The van der Waals surface area contributed by atoms with Gasteiger partial charge in [0.05, 0.1) is 0 Å². The smallest absolute Gasteiger partial charge is 0.228 e. The molecule has 28 heavy (non-hydrogen) atoms. The Morgan fingerprint density at radius 1 is 0.929 bits per heavy atom. The van der Waals surface area contributed by atoms with Crippen LogP contribution in [-0.4, -0.2) is 29.2 Å². The Bertz CT molecular complexity index is 1100. The lowest BCUT2D eigenvalue weighted by Gasteiger charge is -2.13. The van der Waals surface area contributed by atoms with Crippen LogP contribution < -0.4 is 10.2 Å². The van der Waals surface area contributed by atoms with Crippen molar-refractivity contribution in [2.24, 2.45) is 0 Å². The molecule has 4 rings (SSSR count). The number of hydrogen-bond acceptors (Lipinski definition) is 6. The predicted octanol–water partition coefficient (Wildman–Crippen LogP) is 4.58.